The lowest BCUT2D eigenvalue weighted by Gasteiger charge is -2.09. The summed E-state index contributed by atoms with van der Waals surface area (Å²) < 4.78 is 5.41. The van der Waals surface area contributed by atoms with E-state index < -0.39 is 0 Å². The van der Waals surface area contributed by atoms with Gasteiger partial charge in [-0.3, -0.25) is 4.79 Å². The fourth-order valence-corrected chi connectivity index (χ4v) is 2.78. The van der Waals surface area contributed by atoms with E-state index in [9.17, 15) is 4.79 Å². The van der Waals surface area contributed by atoms with Gasteiger partial charge in [-0.15, -0.1) is 11.8 Å². The minimum atomic E-state index is -0.174. The van der Waals surface area contributed by atoms with Crippen LogP contribution in [0.25, 0.3) is 0 Å². The van der Waals surface area contributed by atoms with Crippen molar-refractivity contribution in [2.75, 3.05) is 6.61 Å². The van der Waals surface area contributed by atoms with Crippen molar-refractivity contribution in [3.05, 3.63) is 78.4 Å². The first-order valence-electron chi connectivity index (χ1n) is 8.01. The van der Waals surface area contributed by atoms with Crippen molar-refractivity contribution in [2.45, 2.75) is 17.9 Å². The molecule has 0 aromatic heterocycles. The molecule has 1 N–H and O–H groups in total. The molecule has 0 bridgehead atoms. The SMILES string of the molecule is C=CCOc1ccc(/C=N/NC(=O)C(C)SCc2ccccc2)cc1. The normalized spacial score (nSPS) is 11.9. The van der Waals surface area contributed by atoms with Gasteiger partial charge in [0.1, 0.15) is 12.4 Å². The molecule has 0 aliphatic carbocycles. The number of thioether (sulfide) groups is 1. The summed E-state index contributed by atoms with van der Waals surface area (Å²) >= 11 is 1.58. The van der Waals surface area contributed by atoms with Crippen LogP contribution in [0.5, 0.6) is 5.75 Å². The van der Waals surface area contributed by atoms with E-state index in [4.69, 9.17) is 4.74 Å². The second-order valence-corrected chi connectivity index (χ2v) is 6.67. The van der Waals surface area contributed by atoms with Crippen molar-refractivity contribution < 1.29 is 9.53 Å². The van der Waals surface area contributed by atoms with Crippen LogP contribution in [-0.4, -0.2) is 24.0 Å². The summed E-state index contributed by atoms with van der Waals surface area (Å²) in [6.07, 6.45) is 3.31. The number of nitrogens with one attached hydrogen (secondary N) is 1. The third kappa shape index (κ3) is 6.85. The molecule has 1 unspecified atom stereocenters. The Bertz CT molecular complexity index is 699. The van der Waals surface area contributed by atoms with E-state index in [0.717, 1.165) is 17.1 Å². The van der Waals surface area contributed by atoms with E-state index in [0.29, 0.717) is 6.61 Å². The predicted octanol–water partition coefficient (Wildman–Crippen LogP) is 4.02. The lowest BCUT2D eigenvalue weighted by Crippen LogP contribution is -2.26. The number of rotatable bonds is 9. The maximum atomic E-state index is 12.1. The average molecular weight is 354 g/mol. The minimum absolute atomic E-state index is 0.108. The van der Waals surface area contributed by atoms with Crippen LogP contribution in [-0.2, 0) is 10.5 Å². The Balaban J connectivity index is 1.76. The zero-order valence-electron chi connectivity index (χ0n) is 14.2. The van der Waals surface area contributed by atoms with E-state index in [1.807, 2.05) is 49.4 Å². The molecule has 2 aromatic carbocycles. The number of nitrogens with zero attached hydrogens (tertiary/aromatic N) is 1. The highest BCUT2D eigenvalue weighted by molar-refractivity contribution is 7.99. The zero-order valence-corrected chi connectivity index (χ0v) is 15.0. The fourth-order valence-electron chi connectivity index (χ4n) is 1.94. The highest BCUT2D eigenvalue weighted by Gasteiger charge is 2.12. The van der Waals surface area contributed by atoms with Crippen molar-refractivity contribution in [2.24, 2.45) is 5.10 Å². The maximum Gasteiger partial charge on any atom is 0.252 e. The summed E-state index contributed by atoms with van der Waals surface area (Å²) in [5.74, 6) is 1.46. The van der Waals surface area contributed by atoms with E-state index >= 15 is 0 Å². The number of hydrazone groups is 1. The number of benzene rings is 2. The molecule has 1 atom stereocenters. The van der Waals surface area contributed by atoms with Crippen LogP contribution in [0, 0.1) is 0 Å². The molecular weight excluding hydrogens is 332 g/mol. The van der Waals surface area contributed by atoms with Gasteiger partial charge in [-0.2, -0.15) is 5.10 Å². The van der Waals surface area contributed by atoms with Gasteiger partial charge >= 0.3 is 0 Å². The first-order chi connectivity index (χ1) is 12.2. The molecule has 0 radical (unpaired) electrons. The number of hydrogen-bond donors (Lipinski definition) is 1. The standard InChI is InChI=1S/C20H22N2O2S/c1-3-13-24-19-11-9-17(10-12-19)14-21-22-20(23)16(2)25-15-18-7-5-4-6-8-18/h3-12,14,16H,1,13,15H2,2H3,(H,22,23)/b21-14+. The molecule has 2 aromatic rings. The second kappa shape index (κ2) is 10.4. The molecule has 2 rings (SSSR count). The molecule has 4 nitrogen and oxygen atoms in total. The first-order valence-corrected chi connectivity index (χ1v) is 9.06. The molecule has 0 aliphatic heterocycles. The molecular formula is C20H22N2O2S. The van der Waals surface area contributed by atoms with Gasteiger partial charge in [-0.1, -0.05) is 43.0 Å². The second-order valence-electron chi connectivity index (χ2n) is 5.34. The largest absolute Gasteiger partial charge is 0.490 e. The third-order valence-electron chi connectivity index (χ3n) is 3.35. The van der Waals surface area contributed by atoms with Crippen LogP contribution in [0.15, 0.2) is 72.4 Å². The first kappa shape index (κ1) is 18.8. The summed E-state index contributed by atoms with van der Waals surface area (Å²) in [6.45, 7) is 5.96. The van der Waals surface area contributed by atoms with Gasteiger partial charge in [0.15, 0.2) is 0 Å². The quantitative estimate of drug-likeness (QED) is 0.420. The Labute approximate surface area is 153 Å². The molecule has 1 amide bonds. The Morgan fingerprint density at radius 2 is 1.96 bits per heavy atom. The van der Waals surface area contributed by atoms with Crippen molar-refractivity contribution in [3.8, 4) is 5.75 Å². The van der Waals surface area contributed by atoms with Gasteiger partial charge in [0.05, 0.1) is 11.5 Å². The molecule has 0 heterocycles. The van der Waals surface area contributed by atoms with Gasteiger partial charge < -0.3 is 4.74 Å². The molecule has 0 spiro atoms. The van der Waals surface area contributed by atoms with E-state index in [1.165, 1.54) is 5.56 Å². The van der Waals surface area contributed by atoms with Crippen LogP contribution in [0.1, 0.15) is 18.1 Å². The van der Waals surface area contributed by atoms with Crippen LogP contribution < -0.4 is 10.2 Å². The highest BCUT2D eigenvalue weighted by Crippen LogP contribution is 2.17. The average Bonchev–Trinajstić information content (AvgIpc) is 2.66. The smallest absolute Gasteiger partial charge is 0.252 e. The number of carbonyl (C=O) groups is 1. The lowest BCUT2D eigenvalue weighted by molar-refractivity contribution is -0.120. The topological polar surface area (TPSA) is 50.7 Å². The number of ether oxygens (including phenoxy) is 1. The van der Waals surface area contributed by atoms with Crippen molar-refractivity contribution >= 4 is 23.9 Å². The van der Waals surface area contributed by atoms with Gasteiger partial charge in [-0.25, -0.2) is 5.43 Å². The lowest BCUT2D eigenvalue weighted by atomic mass is 10.2. The van der Waals surface area contributed by atoms with Crippen molar-refractivity contribution in [3.63, 3.8) is 0 Å². The zero-order chi connectivity index (χ0) is 17.9. The Kier molecular flexibility index (Phi) is 7.79. The van der Waals surface area contributed by atoms with Gasteiger partial charge in [0.25, 0.3) is 5.91 Å². The minimum Gasteiger partial charge on any atom is -0.490 e. The molecule has 0 fully saturated rings. The Morgan fingerprint density at radius 1 is 1.24 bits per heavy atom. The number of carbonyl (C=O) groups excluding carboxylic acids is 1. The van der Waals surface area contributed by atoms with Crippen LogP contribution in [0.4, 0.5) is 0 Å². The van der Waals surface area contributed by atoms with Crippen LogP contribution in [0.2, 0.25) is 0 Å². The van der Waals surface area contributed by atoms with Crippen LogP contribution >= 0.6 is 11.8 Å². The molecule has 5 heteroatoms. The molecule has 25 heavy (non-hydrogen) atoms. The Hall–Kier alpha value is -2.53. The van der Waals surface area contributed by atoms with E-state index in [1.54, 1.807) is 24.1 Å². The molecule has 0 aliphatic rings. The van der Waals surface area contributed by atoms with Crippen molar-refractivity contribution in [1.82, 2.24) is 5.43 Å². The van der Waals surface area contributed by atoms with Crippen LogP contribution in [0.3, 0.4) is 0 Å². The summed E-state index contributed by atoms with van der Waals surface area (Å²) in [5.41, 5.74) is 4.67. The molecule has 0 saturated heterocycles. The van der Waals surface area contributed by atoms with E-state index in [2.05, 4.69) is 29.2 Å². The molecule has 0 saturated carbocycles. The molecule has 130 valence electrons. The highest BCUT2D eigenvalue weighted by atomic mass is 32.2. The van der Waals surface area contributed by atoms with E-state index in [-0.39, 0.29) is 11.2 Å². The maximum absolute atomic E-state index is 12.1. The number of hydrogen-bond acceptors (Lipinski definition) is 4. The fraction of sp³-hybridized carbons (Fsp3) is 0.200. The summed E-state index contributed by atoms with van der Waals surface area (Å²) in [6, 6.07) is 17.5. The van der Waals surface area contributed by atoms with Crippen molar-refractivity contribution in [1.29, 1.82) is 0 Å². The van der Waals surface area contributed by atoms with Gasteiger partial charge in [-0.05, 0) is 42.3 Å². The predicted molar refractivity (Wildman–Crippen MR) is 105 cm³/mol. The Morgan fingerprint density at radius 3 is 2.64 bits per heavy atom. The monoisotopic (exact) mass is 354 g/mol. The summed E-state index contributed by atoms with van der Waals surface area (Å²) in [7, 11) is 0. The summed E-state index contributed by atoms with van der Waals surface area (Å²) in [4.78, 5) is 12.1. The number of amides is 1. The third-order valence-corrected chi connectivity index (χ3v) is 4.56. The van der Waals surface area contributed by atoms with Gasteiger partial charge in [0, 0.05) is 5.75 Å². The summed E-state index contributed by atoms with van der Waals surface area (Å²) in [5, 5.41) is 3.84. The van der Waals surface area contributed by atoms with Gasteiger partial charge in [0.2, 0.25) is 0 Å².